The summed E-state index contributed by atoms with van der Waals surface area (Å²) in [6, 6.07) is 23.7. The van der Waals surface area contributed by atoms with Crippen molar-refractivity contribution in [3.05, 3.63) is 123 Å². The molecule has 0 saturated carbocycles. The van der Waals surface area contributed by atoms with Crippen LogP contribution in [0, 0.1) is 5.92 Å². The summed E-state index contributed by atoms with van der Waals surface area (Å²) < 4.78 is 17.5. The van der Waals surface area contributed by atoms with Gasteiger partial charge in [0.15, 0.2) is 23.1 Å². The SMILES string of the molecule is COc1cc(C(=O)[C@@H]2[C@@H]3c4ccccc4C=CN3[C@H](C(=O)c3ccc(Br)cc3)[C@]23C(=O)Nc2ccccc23)cc(OC)c1OC. The standard InChI is InChI=1S/C36H29BrN2O6/c1-43-27-18-22(19-28(44-2)33(27)45-3)31(40)29-30-24-9-5-4-8-20(24)16-17-39(30)34(32(41)21-12-14-23(37)15-13-21)36(29)25-10-6-7-11-26(25)38-35(36)42/h4-19,29-30,34H,1-3H3,(H,38,42)/t29-,30-,34+,36+/m0/s1. The highest BCUT2D eigenvalue weighted by molar-refractivity contribution is 9.10. The van der Waals surface area contributed by atoms with Gasteiger partial charge in [0.2, 0.25) is 11.7 Å². The summed E-state index contributed by atoms with van der Waals surface area (Å²) in [5.41, 5.74) is 2.09. The smallest absolute Gasteiger partial charge is 0.238 e. The molecule has 4 aromatic carbocycles. The number of carbonyl (C=O) groups is 3. The van der Waals surface area contributed by atoms with Gasteiger partial charge in [0.05, 0.1) is 33.3 Å². The normalized spacial score (nSPS) is 22.4. The molecule has 1 amide bonds. The molecular formula is C36H29BrN2O6. The number of amides is 1. The van der Waals surface area contributed by atoms with Gasteiger partial charge in [0.25, 0.3) is 0 Å². The van der Waals surface area contributed by atoms with E-state index < -0.39 is 29.3 Å². The van der Waals surface area contributed by atoms with Crippen LogP contribution in [0.3, 0.4) is 0 Å². The van der Waals surface area contributed by atoms with Gasteiger partial charge < -0.3 is 24.4 Å². The average molecular weight is 666 g/mol. The van der Waals surface area contributed by atoms with E-state index in [1.807, 2.05) is 65.7 Å². The molecule has 1 fully saturated rings. The van der Waals surface area contributed by atoms with Gasteiger partial charge in [-0.3, -0.25) is 14.4 Å². The van der Waals surface area contributed by atoms with Crippen LogP contribution in [-0.2, 0) is 10.2 Å². The number of ketones is 2. The number of para-hydroxylation sites is 1. The Balaban J connectivity index is 1.53. The summed E-state index contributed by atoms with van der Waals surface area (Å²) in [5, 5.41) is 3.04. The van der Waals surface area contributed by atoms with Gasteiger partial charge in [-0.25, -0.2) is 0 Å². The number of ether oxygens (including phenoxy) is 3. The summed E-state index contributed by atoms with van der Waals surface area (Å²) in [6.45, 7) is 0. The van der Waals surface area contributed by atoms with Crippen molar-refractivity contribution in [3.63, 3.8) is 0 Å². The Morgan fingerprint density at radius 2 is 1.49 bits per heavy atom. The van der Waals surface area contributed by atoms with Gasteiger partial charge in [-0.15, -0.1) is 0 Å². The Morgan fingerprint density at radius 3 is 2.18 bits per heavy atom. The van der Waals surface area contributed by atoms with Crippen LogP contribution in [0.2, 0.25) is 0 Å². The highest BCUT2D eigenvalue weighted by atomic mass is 79.9. The van der Waals surface area contributed by atoms with Gasteiger partial charge >= 0.3 is 0 Å². The Morgan fingerprint density at radius 1 is 0.822 bits per heavy atom. The van der Waals surface area contributed by atoms with Crippen LogP contribution in [0.5, 0.6) is 17.2 Å². The lowest BCUT2D eigenvalue weighted by molar-refractivity contribution is -0.122. The average Bonchev–Trinajstić information content (AvgIpc) is 3.55. The van der Waals surface area contributed by atoms with Crippen LogP contribution in [0.15, 0.2) is 95.6 Å². The molecule has 7 rings (SSSR count). The van der Waals surface area contributed by atoms with E-state index >= 15 is 4.79 Å². The minimum Gasteiger partial charge on any atom is -0.493 e. The number of methoxy groups -OCH3 is 3. The Hall–Kier alpha value is -4.89. The van der Waals surface area contributed by atoms with Crippen LogP contribution in [0.1, 0.15) is 43.4 Å². The fourth-order valence-electron chi connectivity index (χ4n) is 7.35. The predicted octanol–water partition coefficient (Wildman–Crippen LogP) is 6.46. The molecule has 8 nitrogen and oxygen atoms in total. The van der Waals surface area contributed by atoms with Gasteiger partial charge in [-0.05, 0) is 53.1 Å². The van der Waals surface area contributed by atoms with E-state index in [4.69, 9.17) is 14.2 Å². The lowest BCUT2D eigenvalue weighted by atomic mass is 9.63. The number of carbonyl (C=O) groups excluding carboxylic acids is 3. The van der Waals surface area contributed by atoms with Crippen molar-refractivity contribution in [3.8, 4) is 17.2 Å². The van der Waals surface area contributed by atoms with E-state index in [0.29, 0.717) is 34.1 Å². The maximum absolute atomic E-state index is 15.2. The molecule has 0 aliphatic carbocycles. The van der Waals surface area contributed by atoms with Crippen molar-refractivity contribution in [2.75, 3.05) is 26.6 Å². The number of rotatable bonds is 7. The summed E-state index contributed by atoms with van der Waals surface area (Å²) in [7, 11) is 4.47. The van der Waals surface area contributed by atoms with E-state index in [9.17, 15) is 9.59 Å². The maximum Gasteiger partial charge on any atom is 0.238 e. The van der Waals surface area contributed by atoms with E-state index in [1.54, 1.807) is 36.4 Å². The first-order valence-corrected chi connectivity index (χ1v) is 15.2. The highest BCUT2D eigenvalue weighted by Gasteiger charge is 2.71. The molecule has 0 unspecified atom stereocenters. The molecule has 3 heterocycles. The Kier molecular flexibility index (Phi) is 7.00. The van der Waals surface area contributed by atoms with Crippen LogP contribution in [0.4, 0.5) is 5.69 Å². The van der Waals surface area contributed by atoms with Gasteiger partial charge in [-0.2, -0.15) is 0 Å². The highest BCUT2D eigenvalue weighted by Crippen LogP contribution is 2.61. The lowest BCUT2D eigenvalue weighted by Gasteiger charge is -2.35. The summed E-state index contributed by atoms with van der Waals surface area (Å²) >= 11 is 3.46. The molecule has 1 spiro atoms. The minimum atomic E-state index is -1.58. The van der Waals surface area contributed by atoms with E-state index in [0.717, 1.165) is 15.6 Å². The van der Waals surface area contributed by atoms with Crippen molar-refractivity contribution in [2.24, 2.45) is 5.92 Å². The van der Waals surface area contributed by atoms with E-state index in [2.05, 4.69) is 21.2 Å². The van der Waals surface area contributed by atoms with Crippen molar-refractivity contribution in [2.45, 2.75) is 17.5 Å². The number of fused-ring (bicyclic) bond motifs is 5. The molecule has 3 aliphatic rings. The fraction of sp³-hybridized carbons (Fsp3) is 0.194. The molecular weight excluding hydrogens is 636 g/mol. The molecule has 4 aromatic rings. The zero-order valence-electron chi connectivity index (χ0n) is 24.7. The van der Waals surface area contributed by atoms with E-state index in [-0.39, 0.29) is 17.1 Å². The molecule has 1 saturated heterocycles. The molecule has 0 aromatic heterocycles. The van der Waals surface area contributed by atoms with Gasteiger partial charge in [0, 0.05) is 27.5 Å². The Labute approximate surface area is 268 Å². The second-order valence-corrected chi connectivity index (χ2v) is 12.2. The zero-order chi connectivity index (χ0) is 31.5. The van der Waals surface area contributed by atoms with Crippen molar-refractivity contribution in [1.82, 2.24) is 4.90 Å². The monoisotopic (exact) mass is 664 g/mol. The summed E-state index contributed by atoms with van der Waals surface area (Å²) in [5.74, 6) is -1.03. The zero-order valence-corrected chi connectivity index (χ0v) is 26.3. The van der Waals surface area contributed by atoms with Crippen LogP contribution < -0.4 is 19.5 Å². The topological polar surface area (TPSA) is 94.2 Å². The van der Waals surface area contributed by atoms with Crippen molar-refractivity contribution >= 4 is 45.2 Å². The van der Waals surface area contributed by atoms with Crippen LogP contribution in [0.25, 0.3) is 6.08 Å². The number of hydrogen-bond donors (Lipinski definition) is 1. The first kappa shape index (κ1) is 28.9. The Bertz CT molecular complexity index is 1880. The third-order valence-corrected chi connectivity index (χ3v) is 9.73. The lowest BCUT2D eigenvalue weighted by Crippen LogP contribution is -2.54. The summed E-state index contributed by atoms with van der Waals surface area (Å²) in [4.78, 5) is 46.6. The second-order valence-electron chi connectivity index (χ2n) is 11.2. The quantitative estimate of drug-likeness (QED) is 0.227. The molecule has 3 aliphatic heterocycles. The van der Waals surface area contributed by atoms with Crippen molar-refractivity contribution in [1.29, 1.82) is 0 Å². The first-order chi connectivity index (χ1) is 21.8. The van der Waals surface area contributed by atoms with Crippen LogP contribution >= 0.6 is 15.9 Å². The fourth-order valence-corrected chi connectivity index (χ4v) is 7.62. The molecule has 9 heteroatoms. The van der Waals surface area contributed by atoms with E-state index in [1.165, 1.54) is 21.3 Å². The van der Waals surface area contributed by atoms with Gasteiger partial charge in [0.1, 0.15) is 11.5 Å². The summed E-state index contributed by atoms with van der Waals surface area (Å²) in [6.07, 6.45) is 3.79. The number of hydrogen-bond acceptors (Lipinski definition) is 7. The largest absolute Gasteiger partial charge is 0.493 e. The molecule has 1 N–H and O–H groups in total. The minimum absolute atomic E-state index is 0.261. The number of nitrogens with one attached hydrogen (secondary N) is 1. The van der Waals surface area contributed by atoms with Crippen molar-refractivity contribution < 1.29 is 28.6 Å². The number of anilines is 1. The van der Waals surface area contributed by atoms with Gasteiger partial charge in [-0.1, -0.05) is 70.5 Å². The molecule has 0 bridgehead atoms. The third-order valence-electron chi connectivity index (χ3n) is 9.20. The molecule has 4 atom stereocenters. The molecule has 0 radical (unpaired) electrons. The predicted molar refractivity (Wildman–Crippen MR) is 173 cm³/mol. The number of benzene rings is 4. The second kappa shape index (κ2) is 10.9. The molecule has 45 heavy (non-hydrogen) atoms. The van der Waals surface area contributed by atoms with Crippen LogP contribution in [-0.4, -0.2) is 49.7 Å². The number of nitrogens with zero attached hydrogens (tertiary/aromatic N) is 1. The number of Topliss-reactive ketones (excluding diaryl/α,β-unsaturated/α-hetero) is 2. The third kappa shape index (κ3) is 4.14. The molecule has 226 valence electrons. The first-order valence-electron chi connectivity index (χ1n) is 14.4. The maximum atomic E-state index is 15.2. The number of halogens is 1.